The quantitative estimate of drug-likeness (QED) is 0.742. The summed E-state index contributed by atoms with van der Waals surface area (Å²) in [6.45, 7) is 1.60. The molecule has 0 saturated carbocycles. The molecule has 1 saturated heterocycles. The lowest BCUT2D eigenvalue weighted by molar-refractivity contribution is -0.131. The maximum atomic E-state index is 11.7. The predicted molar refractivity (Wildman–Crippen MR) is 62.5 cm³/mol. The van der Waals surface area contributed by atoms with Crippen LogP contribution in [-0.4, -0.2) is 44.6 Å². The third kappa shape index (κ3) is 5.15. The fourth-order valence-electron chi connectivity index (χ4n) is 1.75. The standard InChI is InChI=1S/C10H17N3O3S/c11-5-9-17(15,16)12-6-4-10(14)13-7-2-1-3-8-13/h12H,1-4,6-9H2. The van der Waals surface area contributed by atoms with E-state index in [1.807, 2.05) is 0 Å². The number of amides is 1. The van der Waals surface area contributed by atoms with E-state index >= 15 is 0 Å². The van der Waals surface area contributed by atoms with Crippen LogP contribution in [0.2, 0.25) is 0 Å². The smallest absolute Gasteiger partial charge is 0.225 e. The summed E-state index contributed by atoms with van der Waals surface area (Å²) in [5.74, 6) is -0.588. The van der Waals surface area contributed by atoms with E-state index in [9.17, 15) is 13.2 Å². The molecule has 0 aromatic heterocycles. The third-order valence-corrected chi connectivity index (χ3v) is 3.78. The van der Waals surface area contributed by atoms with Gasteiger partial charge in [0.15, 0.2) is 5.75 Å². The van der Waals surface area contributed by atoms with Crippen molar-refractivity contribution in [2.45, 2.75) is 25.7 Å². The summed E-state index contributed by atoms with van der Waals surface area (Å²) in [5.41, 5.74) is 0. The highest BCUT2D eigenvalue weighted by Gasteiger charge is 2.17. The Morgan fingerprint density at radius 1 is 1.29 bits per heavy atom. The van der Waals surface area contributed by atoms with Gasteiger partial charge in [0, 0.05) is 26.1 Å². The Kier molecular flexibility index (Phi) is 5.38. The van der Waals surface area contributed by atoms with Crippen LogP contribution in [0.3, 0.4) is 0 Å². The van der Waals surface area contributed by atoms with Crippen LogP contribution in [0.15, 0.2) is 0 Å². The van der Waals surface area contributed by atoms with Gasteiger partial charge >= 0.3 is 0 Å². The highest BCUT2D eigenvalue weighted by Crippen LogP contribution is 2.09. The zero-order valence-corrected chi connectivity index (χ0v) is 10.5. The average Bonchev–Trinajstić information content (AvgIpc) is 2.29. The maximum absolute atomic E-state index is 11.7. The Balaban J connectivity index is 2.26. The summed E-state index contributed by atoms with van der Waals surface area (Å²) in [6.07, 6.45) is 3.35. The molecule has 0 spiro atoms. The van der Waals surface area contributed by atoms with Crippen molar-refractivity contribution in [3.05, 3.63) is 0 Å². The van der Waals surface area contributed by atoms with Gasteiger partial charge in [-0.25, -0.2) is 13.1 Å². The normalized spacial score (nSPS) is 16.5. The molecule has 0 unspecified atom stereocenters. The van der Waals surface area contributed by atoms with E-state index in [4.69, 9.17) is 5.26 Å². The minimum atomic E-state index is -3.54. The monoisotopic (exact) mass is 259 g/mol. The number of sulfonamides is 1. The van der Waals surface area contributed by atoms with Gasteiger partial charge in [0.05, 0.1) is 6.07 Å². The molecule has 1 N–H and O–H groups in total. The van der Waals surface area contributed by atoms with Crippen LogP contribution in [0, 0.1) is 11.3 Å². The molecule has 0 aromatic carbocycles. The highest BCUT2D eigenvalue weighted by molar-refractivity contribution is 7.89. The number of carbonyl (C=O) groups excluding carboxylic acids is 1. The van der Waals surface area contributed by atoms with E-state index in [-0.39, 0.29) is 18.9 Å². The largest absolute Gasteiger partial charge is 0.343 e. The van der Waals surface area contributed by atoms with E-state index in [0.29, 0.717) is 0 Å². The lowest BCUT2D eigenvalue weighted by Crippen LogP contribution is -2.38. The molecule has 0 aliphatic carbocycles. The van der Waals surface area contributed by atoms with Crippen LogP contribution in [0.25, 0.3) is 0 Å². The Morgan fingerprint density at radius 3 is 2.53 bits per heavy atom. The van der Waals surface area contributed by atoms with Crippen molar-refractivity contribution in [3.63, 3.8) is 0 Å². The van der Waals surface area contributed by atoms with Crippen molar-refractivity contribution in [2.24, 2.45) is 0 Å². The van der Waals surface area contributed by atoms with Gasteiger partial charge in [-0.3, -0.25) is 4.79 Å². The Bertz CT molecular complexity index is 394. The molecule has 17 heavy (non-hydrogen) atoms. The van der Waals surface area contributed by atoms with Crippen LogP contribution >= 0.6 is 0 Å². The molecule has 7 heteroatoms. The molecule has 0 radical (unpaired) electrons. The number of carbonyl (C=O) groups is 1. The number of rotatable bonds is 5. The molecule has 1 heterocycles. The SMILES string of the molecule is N#CCS(=O)(=O)NCCC(=O)N1CCCCC1. The molecule has 1 aliphatic rings. The fourth-order valence-corrected chi connectivity index (χ4v) is 2.44. The first-order valence-electron chi connectivity index (χ1n) is 5.67. The summed E-state index contributed by atoms with van der Waals surface area (Å²) in [6, 6.07) is 1.56. The molecular weight excluding hydrogens is 242 g/mol. The minimum Gasteiger partial charge on any atom is -0.343 e. The van der Waals surface area contributed by atoms with E-state index < -0.39 is 15.8 Å². The van der Waals surface area contributed by atoms with Gasteiger partial charge in [-0.15, -0.1) is 0 Å². The van der Waals surface area contributed by atoms with E-state index in [1.54, 1.807) is 11.0 Å². The van der Waals surface area contributed by atoms with Gasteiger partial charge in [-0.05, 0) is 19.3 Å². The molecule has 1 rings (SSSR count). The number of nitriles is 1. The molecule has 0 bridgehead atoms. The number of nitrogens with zero attached hydrogens (tertiary/aromatic N) is 2. The number of nitrogens with one attached hydrogen (secondary N) is 1. The van der Waals surface area contributed by atoms with Gasteiger partial charge in [0.2, 0.25) is 15.9 Å². The van der Waals surface area contributed by atoms with Gasteiger partial charge in [0.1, 0.15) is 0 Å². The summed E-state index contributed by atoms with van der Waals surface area (Å²) < 4.78 is 24.5. The Morgan fingerprint density at radius 2 is 1.94 bits per heavy atom. The molecule has 96 valence electrons. The van der Waals surface area contributed by atoms with Crippen LogP contribution in [-0.2, 0) is 14.8 Å². The summed E-state index contributed by atoms with van der Waals surface area (Å²) >= 11 is 0. The Hall–Kier alpha value is -1.13. The molecular formula is C10H17N3O3S. The van der Waals surface area contributed by atoms with E-state index in [1.165, 1.54) is 0 Å². The molecule has 1 amide bonds. The van der Waals surface area contributed by atoms with Gasteiger partial charge in [-0.2, -0.15) is 5.26 Å². The first kappa shape index (κ1) is 13.9. The second-order valence-electron chi connectivity index (χ2n) is 4.00. The van der Waals surface area contributed by atoms with Crippen molar-refractivity contribution >= 4 is 15.9 Å². The van der Waals surface area contributed by atoms with Crippen LogP contribution in [0.4, 0.5) is 0 Å². The predicted octanol–water partition coefficient (Wildman–Crippen LogP) is -0.168. The fraction of sp³-hybridized carbons (Fsp3) is 0.800. The minimum absolute atomic E-state index is 0.0237. The molecule has 1 aliphatic heterocycles. The topological polar surface area (TPSA) is 90.3 Å². The third-order valence-electron chi connectivity index (χ3n) is 2.62. The zero-order chi connectivity index (χ0) is 12.7. The van der Waals surface area contributed by atoms with Crippen LogP contribution in [0.1, 0.15) is 25.7 Å². The number of piperidine rings is 1. The van der Waals surface area contributed by atoms with E-state index in [2.05, 4.69) is 4.72 Å². The second-order valence-corrected chi connectivity index (χ2v) is 5.81. The number of likely N-dealkylation sites (tertiary alicyclic amines) is 1. The van der Waals surface area contributed by atoms with Crippen molar-refractivity contribution in [3.8, 4) is 6.07 Å². The van der Waals surface area contributed by atoms with Crippen molar-refractivity contribution in [1.29, 1.82) is 5.26 Å². The maximum Gasteiger partial charge on any atom is 0.225 e. The number of hydrogen-bond acceptors (Lipinski definition) is 4. The average molecular weight is 259 g/mol. The summed E-state index contributed by atoms with van der Waals surface area (Å²) in [4.78, 5) is 13.4. The molecule has 0 aromatic rings. The molecule has 1 fully saturated rings. The van der Waals surface area contributed by atoms with Crippen molar-refractivity contribution in [1.82, 2.24) is 9.62 Å². The van der Waals surface area contributed by atoms with Crippen LogP contribution in [0.5, 0.6) is 0 Å². The summed E-state index contributed by atoms with van der Waals surface area (Å²) in [5, 5.41) is 8.27. The Labute approximate surface area is 102 Å². The van der Waals surface area contributed by atoms with Crippen LogP contribution < -0.4 is 4.72 Å². The van der Waals surface area contributed by atoms with Gasteiger partial charge < -0.3 is 4.90 Å². The lowest BCUT2D eigenvalue weighted by atomic mass is 10.1. The second kappa shape index (κ2) is 6.57. The number of hydrogen-bond donors (Lipinski definition) is 1. The van der Waals surface area contributed by atoms with E-state index in [0.717, 1.165) is 32.4 Å². The first-order chi connectivity index (χ1) is 8.05. The lowest BCUT2D eigenvalue weighted by Gasteiger charge is -2.26. The molecule has 0 atom stereocenters. The highest BCUT2D eigenvalue weighted by atomic mass is 32.2. The zero-order valence-electron chi connectivity index (χ0n) is 9.68. The first-order valence-corrected chi connectivity index (χ1v) is 7.32. The van der Waals surface area contributed by atoms with Gasteiger partial charge in [0.25, 0.3) is 0 Å². The van der Waals surface area contributed by atoms with Crippen molar-refractivity contribution < 1.29 is 13.2 Å². The molecule has 6 nitrogen and oxygen atoms in total. The summed E-state index contributed by atoms with van der Waals surface area (Å²) in [7, 11) is -3.54. The van der Waals surface area contributed by atoms with Gasteiger partial charge in [-0.1, -0.05) is 0 Å². The van der Waals surface area contributed by atoms with Crippen molar-refractivity contribution in [2.75, 3.05) is 25.4 Å².